The Balaban J connectivity index is 1.75. The van der Waals surface area contributed by atoms with Gasteiger partial charge in [-0.1, -0.05) is 0 Å². The molecule has 2 aliphatic heterocycles. The molecule has 0 spiro atoms. The van der Waals surface area contributed by atoms with Gasteiger partial charge in [0.05, 0.1) is 23.0 Å². The Labute approximate surface area is 143 Å². The van der Waals surface area contributed by atoms with Crippen LogP contribution in [0.1, 0.15) is 31.5 Å². The van der Waals surface area contributed by atoms with Gasteiger partial charge < -0.3 is 21.1 Å². The lowest BCUT2D eigenvalue weighted by molar-refractivity contribution is -0.100. The van der Waals surface area contributed by atoms with Gasteiger partial charge in [0.2, 0.25) is 5.96 Å². The zero-order chi connectivity index (χ0) is 18.2. The lowest BCUT2D eigenvalue weighted by Gasteiger charge is -2.30. The van der Waals surface area contributed by atoms with E-state index in [-0.39, 0.29) is 12.0 Å². The third-order valence-electron chi connectivity index (χ3n) is 4.28. The molecule has 138 valence electrons. The SMILES string of the molecule is Cc1nn(C2CCOCC2)cc1NC1=NC(C)(N)C(C(F)(F)F)=CN1. The molecule has 4 N–H and O–H groups in total. The highest BCUT2D eigenvalue weighted by Gasteiger charge is 2.45. The van der Waals surface area contributed by atoms with Crippen molar-refractivity contribution in [3.05, 3.63) is 23.7 Å². The molecule has 1 unspecified atom stereocenters. The van der Waals surface area contributed by atoms with Crippen LogP contribution >= 0.6 is 0 Å². The van der Waals surface area contributed by atoms with E-state index in [9.17, 15) is 13.2 Å². The van der Waals surface area contributed by atoms with Gasteiger partial charge >= 0.3 is 6.18 Å². The fraction of sp³-hybridized carbons (Fsp3) is 0.600. The van der Waals surface area contributed by atoms with E-state index < -0.39 is 17.4 Å². The van der Waals surface area contributed by atoms with Crippen LogP contribution in [0.5, 0.6) is 0 Å². The Hall–Kier alpha value is -2.07. The molecule has 1 aromatic heterocycles. The molecule has 1 saturated heterocycles. The summed E-state index contributed by atoms with van der Waals surface area (Å²) < 4.78 is 46.1. The highest BCUT2D eigenvalue weighted by molar-refractivity contribution is 5.95. The Kier molecular flexibility index (Phi) is 4.50. The van der Waals surface area contributed by atoms with Crippen LogP contribution in [0.4, 0.5) is 18.9 Å². The van der Waals surface area contributed by atoms with Gasteiger partial charge in [0.1, 0.15) is 5.66 Å². The molecular formula is C15H21F3N6O. The molecule has 2 aliphatic rings. The first-order chi connectivity index (χ1) is 11.7. The van der Waals surface area contributed by atoms with Crippen molar-refractivity contribution >= 4 is 11.6 Å². The van der Waals surface area contributed by atoms with E-state index in [1.54, 1.807) is 0 Å². The van der Waals surface area contributed by atoms with Crippen LogP contribution in [0.15, 0.2) is 23.0 Å². The molecule has 25 heavy (non-hydrogen) atoms. The number of nitrogens with zero attached hydrogens (tertiary/aromatic N) is 3. The number of nitrogens with one attached hydrogen (secondary N) is 2. The number of nitrogens with two attached hydrogens (primary N) is 1. The maximum Gasteiger partial charge on any atom is 0.417 e. The third kappa shape index (κ3) is 3.79. The second-order valence-electron chi connectivity index (χ2n) is 6.38. The smallest absolute Gasteiger partial charge is 0.381 e. The fourth-order valence-electron chi connectivity index (χ4n) is 2.91. The Bertz CT molecular complexity index is 701. The molecule has 0 radical (unpaired) electrons. The summed E-state index contributed by atoms with van der Waals surface area (Å²) in [7, 11) is 0. The average Bonchev–Trinajstić information content (AvgIpc) is 2.87. The van der Waals surface area contributed by atoms with Gasteiger partial charge in [0, 0.05) is 25.6 Å². The van der Waals surface area contributed by atoms with E-state index >= 15 is 0 Å². The van der Waals surface area contributed by atoms with E-state index in [2.05, 4.69) is 20.7 Å². The molecule has 10 heteroatoms. The van der Waals surface area contributed by atoms with Gasteiger partial charge in [-0.05, 0) is 26.7 Å². The van der Waals surface area contributed by atoms with E-state index in [1.165, 1.54) is 6.92 Å². The summed E-state index contributed by atoms with van der Waals surface area (Å²) in [5.74, 6) is 0.146. The van der Waals surface area contributed by atoms with Crippen molar-refractivity contribution in [2.45, 2.75) is 44.6 Å². The average molecular weight is 358 g/mol. The number of aromatic nitrogens is 2. The Morgan fingerprint density at radius 2 is 2.08 bits per heavy atom. The van der Waals surface area contributed by atoms with Gasteiger partial charge in [-0.2, -0.15) is 18.3 Å². The molecule has 0 saturated carbocycles. The Morgan fingerprint density at radius 1 is 1.40 bits per heavy atom. The van der Waals surface area contributed by atoms with Crippen molar-refractivity contribution < 1.29 is 17.9 Å². The van der Waals surface area contributed by atoms with Crippen LogP contribution in [-0.2, 0) is 4.74 Å². The largest absolute Gasteiger partial charge is 0.417 e. The molecule has 3 rings (SSSR count). The van der Waals surface area contributed by atoms with Crippen molar-refractivity contribution in [1.82, 2.24) is 15.1 Å². The number of guanidine groups is 1. The number of rotatable bonds is 2. The summed E-state index contributed by atoms with van der Waals surface area (Å²) in [6, 6.07) is 0.251. The summed E-state index contributed by atoms with van der Waals surface area (Å²) in [4.78, 5) is 3.95. The molecule has 0 aromatic carbocycles. The first kappa shape index (κ1) is 17.7. The van der Waals surface area contributed by atoms with Gasteiger partial charge in [-0.25, -0.2) is 4.99 Å². The van der Waals surface area contributed by atoms with E-state index in [1.807, 2.05) is 17.8 Å². The van der Waals surface area contributed by atoms with Gasteiger partial charge in [0.25, 0.3) is 0 Å². The molecular weight excluding hydrogens is 337 g/mol. The summed E-state index contributed by atoms with van der Waals surface area (Å²) in [6.45, 7) is 4.42. The highest BCUT2D eigenvalue weighted by atomic mass is 19.4. The number of hydrogen-bond acceptors (Lipinski definition) is 6. The number of aliphatic imine (C=N–C) groups is 1. The molecule has 1 aromatic rings. The predicted molar refractivity (Wildman–Crippen MR) is 87.0 cm³/mol. The number of alkyl halides is 3. The number of anilines is 1. The molecule has 0 aliphatic carbocycles. The molecule has 1 atom stereocenters. The van der Waals surface area contributed by atoms with Crippen LogP contribution in [0.25, 0.3) is 0 Å². The summed E-state index contributed by atoms with van der Waals surface area (Å²) in [6.07, 6.45) is -0.133. The maximum absolute atomic E-state index is 13.0. The third-order valence-corrected chi connectivity index (χ3v) is 4.28. The zero-order valence-electron chi connectivity index (χ0n) is 14.0. The van der Waals surface area contributed by atoms with E-state index in [0.717, 1.165) is 24.7 Å². The minimum absolute atomic E-state index is 0.146. The summed E-state index contributed by atoms with van der Waals surface area (Å²) in [5.41, 5.74) is 4.31. The van der Waals surface area contributed by atoms with Crippen molar-refractivity contribution in [2.24, 2.45) is 10.7 Å². The monoisotopic (exact) mass is 358 g/mol. The normalized spacial score (nSPS) is 25.2. The molecule has 1 fully saturated rings. The second-order valence-corrected chi connectivity index (χ2v) is 6.38. The quantitative estimate of drug-likeness (QED) is 0.753. The molecule has 7 nitrogen and oxygen atoms in total. The van der Waals surface area contributed by atoms with Crippen LogP contribution in [0.2, 0.25) is 0 Å². The minimum Gasteiger partial charge on any atom is -0.381 e. The van der Waals surface area contributed by atoms with Crippen molar-refractivity contribution in [3.63, 3.8) is 0 Å². The van der Waals surface area contributed by atoms with Crippen molar-refractivity contribution in [1.29, 1.82) is 0 Å². The van der Waals surface area contributed by atoms with Crippen molar-refractivity contribution in [2.75, 3.05) is 18.5 Å². The summed E-state index contributed by atoms with van der Waals surface area (Å²) >= 11 is 0. The van der Waals surface area contributed by atoms with Crippen molar-refractivity contribution in [3.8, 4) is 0 Å². The van der Waals surface area contributed by atoms with E-state index in [0.29, 0.717) is 18.9 Å². The lowest BCUT2D eigenvalue weighted by Crippen LogP contribution is -2.49. The number of hydrogen-bond donors (Lipinski definition) is 3. The number of aryl methyl sites for hydroxylation is 1. The number of ether oxygens (including phenoxy) is 1. The Morgan fingerprint density at radius 3 is 2.68 bits per heavy atom. The first-order valence-electron chi connectivity index (χ1n) is 8.00. The maximum atomic E-state index is 13.0. The van der Waals surface area contributed by atoms with Gasteiger partial charge in [-0.3, -0.25) is 4.68 Å². The summed E-state index contributed by atoms with van der Waals surface area (Å²) in [5, 5.41) is 9.96. The lowest BCUT2D eigenvalue weighted by atomic mass is 10.0. The number of halogens is 3. The van der Waals surface area contributed by atoms with Crippen LogP contribution in [-0.4, -0.2) is 40.8 Å². The zero-order valence-corrected chi connectivity index (χ0v) is 14.0. The first-order valence-corrected chi connectivity index (χ1v) is 8.00. The second kappa shape index (κ2) is 6.34. The van der Waals surface area contributed by atoms with Gasteiger partial charge in [0.15, 0.2) is 0 Å². The van der Waals surface area contributed by atoms with Crippen LogP contribution < -0.4 is 16.4 Å². The predicted octanol–water partition coefficient (Wildman–Crippen LogP) is 2.04. The highest BCUT2D eigenvalue weighted by Crippen LogP contribution is 2.34. The molecule has 0 amide bonds. The topological polar surface area (TPSA) is 89.5 Å². The standard InChI is InChI=1S/C15H21F3N6O/c1-9-11(8-24(23-9)10-3-5-25-6-4-10)21-13-20-7-12(15(16,17)18)14(2,19)22-13/h7-8,10H,3-6,19H2,1-2H3,(H2,20,21,22). The van der Waals surface area contributed by atoms with Gasteiger partial charge in [-0.15, -0.1) is 0 Å². The van der Waals surface area contributed by atoms with Crippen LogP contribution in [0, 0.1) is 6.92 Å². The molecule has 0 bridgehead atoms. The molecule has 3 heterocycles. The van der Waals surface area contributed by atoms with Crippen LogP contribution in [0.3, 0.4) is 0 Å². The minimum atomic E-state index is -4.55. The fourth-order valence-corrected chi connectivity index (χ4v) is 2.91. The van der Waals surface area contributed by atoms with E-state index in [4.69, 9.17) is 10.5 Å².